The summed E-state index contributed by atoms with van der Waals surface area (Å²) in [6.07, 6.45) is -5.01. The van der Waals surface area contributed by atoms with E-state index < -0.39 is 18.2 Å². The number of hydrogen-bond acceptors (Lipinski definition) is 4. The molecule has 35 heavy (non-hydrogen) atoms. The number of hydrogen-bond donors (Lipinski definition) is 3. The highest BCUT2D eigenvalue weighted by Crippen LogP contribution is 2.40. The zero-order valence-corrected chi connectivity index (χ0v) is 18.1. The van der Waals surface area contributed by atoms with E-state index >= 15 is 0 Å². The minimum Gasteiger partial charge on any atom is -0.465 e. The van der Waals surface area contributed by atoms with Gasteiger partial charge in [-0.15, -0.1) is 13.2 Å². The fraction of sp³-hybridized carbons (Fsp3) is 0.208. The Kier molecular flexibility index (Phi) is 6.50. The molecule has 2 amide bonds. The van der Waals surface area contributed by atoms with Gasteiger partial charge < -0.3 is 25.0 Å². The maximum atomic E-state index is 12.8. The Morgan fingerprint density at radius 1 is 1.17 bits per heavy atom. The quantitative estimate of drug-likeness (QED) is 0.426. The van der Waals surface area contributed by atoms with Crippen molar-refractivity contribution in [2.24, 2.45) is 0 Å². The predicted molar refractivity (Wildman–Crippen MR) is 119 cm³/mol. The summed E-state index contributed by atoms with van der Waals surface area (Å²) in [5.41, 5.74) is 2.77. The van der Waals surface area contributed by atoms with Gasteiger partial charge in [0, 0.05) is 24.2 Å². The number of ether oxygens (including phenoxy) is 1. The highest BCUT2D eigenvalue weighted by molar-refractivity contribution is 5.99. The van der Waals surface area contributed by atoms with Gasteiger partial charge in [0.15, 0.2) is 0 Å². The minimum atomic E-state index is -4.87. The molecule has 3 N–H and O–H groups in total. The predicted octanol–water partition coefficient (Wildman–Crippen LogP) is 4.48. The number of fused-ring (bicyclic) bond motifs is 1. The smallest absolute Gasteiger partial charge is 0.465 e. The third kappa shape index (κ3) is 5.29. The molecule has 2 aromatic carbocycles. The van der Waals surface area contributed by atoms with E-state index in [0.29, 0.717) is 40.7 Å². The average Bonchev–Trinajstić information content (AvgIpc) is 3.21. The van der Waals surface area contributed by atoms with Crippen molar-refractivity contribution < 1.29 is 37.4 Å². The van der Waals surface area contributed by atoms with Crippen LogP contribution in [-0.2, 0) is 0 Å². The molecule has 0 bridgehead atoms. The van der Waals surface area contributed by atoms with Gasteiger partial charge in [-0.05, 0) is 35.7 Å². The summed E-state index contributed by atoms with van der Waals surface area (Å²) in [4.78, 5) is 34.8. The van der Waals surface area contributed by atoms with Crippen LogP contribution in [0.1, 0.15) is 33.3 Å². The Bertz CT molecular complexity index is 1270. The lowest BCUT2D eigenvalue weighted by Gasteiger charge is -2.29. The molecule has 0 aliphatic carbocycles. The molecule has 0 saturated heterocycles. The van der Waals surface area contributed by atoms with Crippen LogP contribution in [0.3, 0.4) is 0 Å². The molecule has 0 radical (unpaired) electrons. The van der Waals surface area contributed by atoms with E-state index in [-0.39, 0.29) is 30.7 Å². The molecule has 0 unspecified atom stereocenters. The van der Waals surface area contributed by atoms with Crippen LogP contribution in [0.5, 0.6) is 5.75 Å². The maximum Gasteiger partial charge on any atom is 0.573 e. The van der Waals surface area contributed by atoms with Crippen molar-refractivity contribution in [2.75, 3.05) is 13.1 Å². The lowest BCUT2D eigenvalue weighted by atomic mass is 10.00. The lowest BCUT2D eigenvalue weighted by molar-refractivity contribution is -0.274. The third-order valence-corrected chi connectivity index (χ3v) is 5.59. The Morgan fingerprint density at radius 2 is 1.91 bits per heavy atom. The van der Waals surface area contributed by atoms with Crippen molar-refractivity contribution in [2.45, 2.75) is 18.8 Å². The Labute approximate surface area is 197 Å². The zero-order valence-electron chi connectivity index (χ0n) is 18.1. The largest absolute Gasteiger partial charge is 0.573 e. The monoisotopic (exact) mass is 487 g/mol. The van der Waals surface area contributed by atoms with Gasteiger partial charge in [-0.2, -0.15) is 0 Å². The number of halogens is 3. The summed E-state index contributed by atoms with van der Waals surface area (Å²) in [5, 5.41) is 14.0. The number of amides is 2. The molecule has 1 aliphatic rings. The highest BCUT2D eigenvalue weighted by Gasteiger charge is 2.33. The molecule has 182 valence electrons. The van der Waals surface area contributed by atoms with Crippen LogP contribution < -0.4 is 15.4 Å². The van der Waals surface area contributed by atoms with E-state index in [1.165, 1.54) is 18.2 Å². The van der Waals surface area contributed by atoms with E-state index in [2.05, 4.69) is 15.4 Å². The van der Waals surface area contributed by atoms with E-state index in [1.807, 2.05) is 0 Å². The standard InChI is InChI=1S/C24H20F3N3O5/c25-24(26,27)35-18-3-1-2-16(10-18)19-11-20-22(32)29-12-17(8-9-28-23(33)34)30(20)21(19)15-6-4-14(13-31)5-7-15/h1-7,10-11,13,17,28H,8-9,12H2,(H,29,32)(H,33,34)/t17-/m0/s1. The first kappa shape index (κ1) is 23.9. The molecule has 0 saturated carbocycles. The van der Waals surface area contributed by atoms with Gasteiger partial charge in [0.1, 0.15) is 17.7 Å². The van der Waals surface area contributed by atoms with Crippen LogP contribution in [-0.4, -0.2) is 47.4 Å². The first-order chi connectivity index (χ1) is 16.7. The number of alkyl halides is 3. The van der Waals surface area contributed by atoms with Crippen LogP contribution in [0.2, 0.25) is 0 Å². The molecule has 0 spiro atoms. The molecule has 3 aromatic rings. The van der Waals surface area contributed by atoms with Crippen LogP contribution >= 0.6 is 0 Å². The first-order valence-electron chi connectivity index (χ1n) is 10.6. The number of carbonyl (C=O) groups excluding carboxylic acids is 2. The number of nitrogens with zero attached hydrogens (tertiary/aromatic N) is 1. The number of rotatable bonds is 7. The molecule has 11 heteroatoms. The van der Waals surface area contributed by atoms with Gasteiger partial charge in [0.05, 0.1) is 11.7 Å². The number of aldehydes is 1. The Morgan fingerprint density at radius 3 is 2.57 bits per heavy atom. The Hall–Kier alpha value is -4.28. The topological polar surface area (TPSA) is 110 Å². The molecule has 1 atom stereocenters. The molecule has 4 rings (SSSR count). The van der Waals surface area contributed by atoms with Crippen molar-refractivity contribution in [3.05, 3.63) is 65.9 Å². The van der Waals surface area contributed by atoms with Crippen LogP contribution in [0.25, 0.3) is 22.4 Å². The van der Waals surface area contributed by atoms with E-state index in [0.717, 1.165) is 0 Å². The van der Waals surface area contributed by atoms with Crippen LogP contribution in [0.4, 0.5) is 18.0 Å². The van der Waals surface area contributed by atoms with Gasteiger partial charge in [-0.1, -0.05) is 36.4 Å². The normalized spacial score (nSPS) is 15.2. The summed E-state index contributed by atoms with van der Waals surface area (Å²) in [6.45, 7) is 0.360. The van der Waals surface area contributed by atoms with Gasteiger partial charge in [-0.25, -0.2) is 4.79 Å². The second-order valence-corrected chi connectivity index (χ2v) is 7.86. The summed E-state index contributed by atoms with van der Waals surface area (Å²) < 4.78 is 44.2. The average molecular weight is 487 g/mol. The van der Waals surface area contributed by atoms with Crippen LogP contribution in [0, 0.1) is 0 Å². The summed E-state index contributed by atoms with van der Waals surface area (Å²) in [7, 11) is 0. The number of carbonyl (C=O) groups is 3. The molecule has 0 fully saturated rings. The number of nitrogens with one attached hydrogen (secondary N) is 2. The van der Waals surface area contributed by atoms with Crippen LogP contribution in [0.15, 0.2) is 54.6 Å². The van der Waals surface area contributed by atoms with E-state index in [4.69, 9.17) is 5.11 Å². The van der Waals surface area contributed by atoms with Gasteiger partial charge in [0.2, 0.25) is 0 Å². The van der Waals surface area contributed by atoms with Crippen molar-refractivity contribution in [1.82, 2.24) is 15.2 Å². The van der Waals surface area contributed by atoms with Crippen molar-refractivity contribution in [3.8, 4) is 28.1 Å². The molecule has 1 aliphatic heterocycles. The summed E-state index contributed by atoms with van der Waals surface area (Å²) in [5.74, 6) is -0.778. The molecular formula is C24H20F3N3O5. The molecular weight excluding hydrogens is 467 g/mol. The fourth-order valence-electron chi connectivity index (χ4n) is 4.14. The van der Waals surface area contributed by atoms with Gasteiger partial charge >= 0.3 is 12.5 Å². The third-order valence-electron chi connectivity index (χ3n) is 5.59. The van der Waals surface area contributed by atoms with Gasteiger partial charge in [-0.3, -0.25) is 9.59 Å². The minimum absolute atomic E-state index is 0.126. The maximum absolute atomic E-state index is 12.8. The zero-order chi connectivity index (χ0) is 25.2. The number of benzene rings is 2. The molecule has 1 aromatic heterocycles. The summed E-state index contributed by atoms with van der Waals surface area (Å²) >= 11 is 0. The number of aromatic nitrogens is 1. The van der Waals surface area contributed by atoms with Crippen molar-refractivity contribution in [1.29, 1.82) is 0 Å². The molecule has 2 heterocycles. The van der Waals surface area contributed by atoms with Gasteiger partial charge in [0.25, 0.3) is 5.91 Å². The Balaban J connectivity index is 1.87. The molecule has 8 nitrogen and oxygen atoms in total. The summed E-state index contributed by atoms with van der Waals surface area (Å²) in [6, 6.07) is 13.2. The lowest BCUT2D eigenvalue weighted by Crippen LogP contribution is -2.40. The first-order valence-corrected chi connectivity index (χ1v) is 10.6. The highest BCUT2D eigenvalue weighted by atomic mass is 19.4. The fourth-order valence-corrected chi connectivity index (χ4v) is 4.14. The van der Waals surface area contributed by atoms with Crippen molar-refractivity contribution >= 4 is 18.3 Å². The van der Waals surface area contributed by atoms with E-state index in [1.54, 1.807) is 41.0 Å². The second kappa shape index (κ2) is 9.53. The van der Waals surface area contributed by atoms with E-state index in [9.17, 15) is 27.6 Å². The second-order valence-electron chi connectivity index (χ2n) is 7.86. The van der Waals surface area contributed by atoms with Crippen molar-refractivity contribution in [3.63, 3.8) is 0 Å². The number of carboxylic acid groups (broad SMARTS) is 1. The SMILES string of the molecule is O=Cc1ccc(-c2c(-c3cccc(OC(F)(F)F)c3)cc3n2[C@@H](CCNC(=O)O)CNC3=O)cc1.